The third-order valence-electron chi connectivity index (χ3n) is 3.20. The van der Waals surface area contributed by atoms with Crippen LogP contribution >= 0.6 is 0 Å². The normalized spacial score (nSPS) is 10.5. The Morgan fingerprint density at radius 3 is 2.59 bits per heavy atom. The Kier molecular flexibility index (Phi) is 3.53. The minimum absolute atomic E-state index is 0.0500. The predicted octanol–water partition coefficient (Wildman–Crippen LogP) is 0.793. The van der Waals surface area contributed by atoms with Crippen molar-refractivity contribution in [2.45, 2.75) is 6.42 Å². The Balaban J connectivity index is 1.89. The van der Waals surface area contributed by atoms with Gasteiger partial charge < -0.3 is 10.3 Å². The van der Waals surface area contributed by atoms with Crippen LogP contribution in [0.25, 0.3) is 10.8 Å². The maximum atomic E-state index is 12.1. The van der Waals surface area contributed by atoms with Crippen molar-refractivity contribution in [2.75, 3.05) is 5.32 Å². The Labute approximate surface area is 124 Å². The van der Waals surface area contributed by atoms with Gasteiger partial charge in [0.25, 0.3) is 11.1 Å². The van der Waals surface area contributed by atoms with Crippen LogP contribution in [0.1, 0.15) is 5.69 Å². The van der Waals surface area contributed by atoms with Gasteiger partial charge in [0.2, 0.25) is 5.91 Å². The molecule has 7 heteroatoms. The van der Waals surface area contributed by atoms with Crippen LogP contribution in [-0.4, -0.2) is 21.1 Å². The molecule has 1 amide bonds. The van der Waals surface area contributed by atoms with Gasteiger partial charge in [0.05, 0.1) is 17.5 Å². The van der Waals surface area contributed by atoms with Crippen molar-refractivity contribution in [1.29, 1.82) is 0 Å². The number of aromatic nitrogens is 3. The van der Waals surface area contributed by atoms with Crippen molar-refractivity contribution >= 4 is 22.4 Å². The highest BCUT2D eigenvalue weighted by molar-refractivity contribution is 5.95. The maximum Gasteiger partial charge on any atom is 0.272 e. The zero-order chi connectivity index (χ0) is 15.5. The highest BCUT2D eigenvalue weighted by Gasteiger charge is 2.11. The number of H-pyrrole nitrogens is 2. The van der Waals surface area contributed by atoms with E-state index in [1.54, 1.807) is 30.3 Å². The van der Waals surface area contributed by atoms with Crippen LogP contribution in [-0.2, 0) is 11.2 Å². The van der Waals surface area contributed by atoms with E-state index in [1.165, 1.54) is 12.3 Å². The SMILES string of the molecule is O=C(Cc1n[nH]c(=O)c2ccccc12)Nc1ccc[nH]c1=O. The number of amides is 1. The van der Waals surface area contributed by atoms with E-state index in [0.717, 1.165) is 0 Å². The molecule has 22 heavy (non-hydrogen) atoms. The molecule has 3 aromatic rings. The molecule has 0 aliphatic heterocycles. The number of hydrogen-bond acceptors (Lipinski definition) is 4. The summed E-state index contributed by atoms with van der Waals surface area (Å²) in [5, 5.41) is 9.90. The predicted molar refractivity (Wildman–Crippen MR) is 81.8 cm³/mol. The van der Waals surface area contributed by atoms with E-state index >= 15 is 0 Å². The lowest BCUT2D eigenvalue weighted by Crippen LogP contribution is -2.22. The number of nitrogens with zero attached hydrogens (tertiary/aromatic N) is 1. The van der Waals surface area contributed by atoms with Gasteiger partial charge in [-0.3, -0.25) is 14.4 Å². The second-order valence-corrected chi connectivity index (χ2v) is 4.68. The maximum absolute atomic E-state index is 12.1. The topological polar surface area (TPSA) is 108 Å². The molecular formula is C15H12N4O3. The molecule has 110 valence electrons. The van der Waals surface area contributed by atoms with Gasteiger partial charge in [0, 0.05) is 11.6 Å². The number of fused-ring (bicyclic) bond motifs is 1. The van der Waals surface area contributed by atoms with Crippen molar-refractivity contribution in [3.8, 4) is 0 Å². The molecule has 0 atom stereocenters. The van der Waals surface area contributed by atoms with Gasteiger partial charge in [-0.2, -0.15) is 5.10 Å². The van der Waals surface area contributed by atoms with E-state index in [-0.39, 0.29) is 29.1 Å². The molecule has 0 aliphatic carbocycles. The molecule has 0 spiro atoms. The number of pyridine rings is 1. The van der Waals surface area contributed by atoms with Crippen molar-refractivity contribution in [3.05, 3.63) is 69.0 Å². The molecule has 0 bridgehead atoms. The summed E-state index contributed by atoms with van der Waals surface area (Å²) in [6, 6.07) is 10.0. The first kappa shape index (κ1) is 13.7. The Morgan fingerprint density at radius 1 is 1.05 bits per heavy atom. The molecule has 0 unspecified atom stereocenters. The van der Waals surface area contributed by atoms with Gasteiger partial charge in [0.1, 0.15) is 5.69 Å². The molecule has 0 fully saturated rings. The van der Waals surface area contributed by atoms with Crippen LogP contribution in [0.15, 0.2) is 52.2 Å². The van der Waals surface area contributed by atoms with Crippen LogP contribution in [0, 0.1) is 0 Å². The van der Waals surface area contributed by atoms with E-state index in [2.05, 4.69) is 20.5 Å². The summed E-state index contributed by atoms with van der Waals surface area (Å²) in [5.41, 5.74) is -0.0734. The molecule has 0 saturated carbocycles. The average molecular weight is 296 g/mol. The van der Waals surface area contributed by atoms with Crippen LogP contribution in [0.2, 0.25) is 0 Å². The van der Waals surface area contributed by atoms with Crippen LogP contribution in [0.5, 0.6) is 0 Å². The summed E-state index contributed by atoms with van der Waals surface area (Å²) in [4.78, 5) is 37.8. The number of rotatable bonds is 3. The Bertz CT molecular complexity index is 958. The van der Waals surface area contributed by atoms with Gasteiger partial charge in [-0.25, -0.2) is 5.10 Å². The molecule has 2 aromatic heterocycles. The van der Waals surface area contributed by atoms with Gasteiger partial charge >= 0.3 is 0 Å². The van der Waals surface area contributed by atoms with Gasteiger partial charge in [-0.1, -0.05) is 18.2 Å². The quantitative estimate of drug-likeness (QED) is 0.664. The molecule has 3 N–H and O–H groups in total. The molecule has 1 aromatic carbocycles. The number of nitrogens with one attached hydrogen (secondary N) is 3. The van der Waals surface area contributed by atoms with Crippen LogP contribution in [0.4, 0.5) is 5.69 Å². The largest absolute Gasteiger partial charge is 0.327 e. The fourth-order valence-electron chi connectivity index (χ4n) is 2.17. The van der Waals surface area contributed by atoms with Crippen LogP contribution < -0.4 is 16.4 Å². The fraction of sp³-hybridized carbons (Fsp3) is 0.0667. The second-order valence-electron chi connectivity index (χ2n) is 4.68. The zero-order valence-electron chi connectivity index (χ0n) is 11.4. The molecular weight excluding hydrogens is 284 g/mol. The van der Waals surface area contributed by atoms with Gasteiger partial charge in [-0.05, 0) is 18.2 Å². The average Bonchev–Trinajstić information content (AvgIpc) is 2.53. The highest BCUT2D eigenvalue weighted by Crippen LogP contribution is 2.13. The second kappa shape index (κ2) is 5.65. The summed E-state index contributed by atoms with van der Waals surface area (Å²) >= 11 is 0. The first-order valence-electron chi connectivity index (χ1n) is 6.59. The number of carbonyl (C=O) groups excluding carboxylic acids is 1. The minimum Gasteiger partial charge on any atom is -0.327 e. The molecule has 0 aliphatic rings. The Morgan fingerprint density at radius 2 is 1.82 bits per heavy atom. The van der Waals surface area contributed by atoms with E-state index < -0.39 is 0 Å². The lowest BCUT2D eigenvalue weighted by molar-refractivity contribution is -0.115. The van der Waals surface area contributed by atoms with E-state index in [4.69, 9.17) is 0 Å². The number of benzene rings is 1. The first-order chi connectivity index (χ1) is 10.6. The number of carbonyl (C=O) groups is 1. The highest BCUT2D eigenvalue weighted by atomic mass is 16.2. The smallest absolute Gasteiger partial charge is 0.272 e. The van der Waals surface area contributed by atoms with Crippen molar-refractivity contribution < 1.29 is 4.79 Å². The summed E-state index contributed by atoms with van der Waals surface area (Å²) < 4.78 is 0. The number of hydrogen-bond donors (Lipinski definition) is 3. The lowest BCUT2D eigenvalue weighted by Gasteiger charge is -2.06. The van der Waals surface area contributed by atoms with Crippen molar-refractivity contribution in [1.82, 2.24) is 15.2 Å². The third-order valence-corrected chi connectivity index (χ3v) is 3.20. The molecule has 0 radical (unpaired) electrons. The minimum atomic E-state index is -0.388. The fourth-order valence-corrected chi connectivity index (χ4v) is 2.17. The molecule has 0 saturated heterocycles. The molecule has 3 rings (SSSR count). The van der Waals surface area contributed by atoms with E-state index in [0.29, 0.717) is 16.5 Å². The standard InChI is InChI=1S/C15H12N4O3/c20-13(17-11-6-3-7-16-15(11)22)8-12-9-4-1-2-5-10(9)14(21)19-18-12/h1-7H,8H2,(H,16,22)(H,17,20)(H,19,21). The summed E-state index contributed by atoms with van der Waals surface area (Å²) in [6.45, 7) is 0. The summed E-state index contributed by atoms with van der Waals surface area (Å²) in [7, 11) is 0. The zero-order valence-corrected chi connectivity index (χ0v) is 11.4. The van der Waals surface area contributed by atoms with Gasteiger partial charge in [0.15, 0.2) is 0 Å². The van der Waals surface area contributed by atoms with Gasteiger partial charge in [-0.15, -0.1) is 0 Å². The van der Waals surface area contributed by atoms with Crippen LogP contribution in [0.3, 0.4) is 0 Å². The molecule has 7 nitrogen and oxygen atoms in total. The third kappa shape index (κ3) is 2.64. The monoisotopic (exact) mass is 296 g/mol. The van der Waals surface area contributed by atoms with Crippen molar-refractivity contribution in [2.24, 2.45) is 0 Å². The molecule has 2 heterocycles. The van der Waals surface area contributed by atoms with E-state index in [9.17, 15) is 14.4 Å². The number of anilines is 1. The van der Waals surface area contributed by atoms with E-state index in [1.807, 2.05) is 0 Å². The summed E-state index contributed by atoms with van der Waals surface area (Å²) in [5.74, 6) is -0.388. The van der Waals surface area contributed by atoms with Crippen molar-refractivity contribution in [3.63, 3.8) is 0 Å². The lowest BCUT2D eigenvalue weighted by atomic mass is 10.1. The number of aromatic amines is 2. The Hall–Kier alpha value is -3.22. The summed E-state index contributed by atoms with van der Waals surface area (Å²) in [6.07, 6.45) is 1.43. The first-order valence-corrected chi connectivity index (χ1v) is 6.59.